The van der Waals surface area contributed by atoms with Gasteiger partial charge in [0.15, 0.2) is 5.96 Å². The van der Waals surface area contributed by atoms with E-state index in [-0.39, 0.29) is 24.0 Å². The van der Waals surface area contributed by atoms with E-state index in [0.29, 0.717) is 13.2 Å². The predicted octanol–water partition coefficient (Wildman–Crippen LogP) is 3.15. The maximum absolute atomic E-state index is 5.99. The van der Waals surface area contributed by atoms with E-state index in [0.717, 1.165) is 55.7 Å². The lowest BCUT2D eigenvalue weighted by molar-refractivity contribution is 0.259. The maximum Gasteiger partial charge on any atom is 0.194 e. The number of ether oxygens (including phenoxy) is 2. The number of aliphatic imine (C=N–C) groups is 1. The quantitative estimate of drug-likeness (QED) is 0.308. The minimum Gasteiger partial charge on any atom is -0.497 e. The zero-order valence-electron chi connectivity index (χ0n) is 19.6. The average Bonchev–Trinajstić information content (AvgIpc) is 2.80. The zero-order valence-corrected chi connectivity index (χ0v) is 21.9. The number of nitrogens with zero attached hydrogens (tertiary/aromatic N) is 4. The number of anilines is 1. The van der Waals surface area contributed by atoms with E-state index in [4.69, 9.17) is 9.47 Å². The van der Waals surface area contributed by atoms with Crippen LogP contribution in [0.1, 0.15) is 5.56 Å². The summed E-state index contributed by atoms with van der Waals surface area (Å²) in [6.45, 7) is 6.01. The lowest BCUT2D eigenvalue weighted by Crippen LogP contribution is -2.52. The second kappa shape index (κ2) is 13.4. The van der Waals surface area contributed by atoms with Crippen LogP contribution in [0.5, 0.6) is 11.5 Å². The van der Waals surface area contributed by atoms with Crippen LogP contribution in [0.2, 0.25) is 0 Å². The molecule has 2 aromatic rings. The van der Waals surface area contributed by atoms with Crippen molar-refractivity contribution in [2.75, 3.05) is 72.5 Å². The van der Waals surface area contributed by atoms with Crippen molar-refractivity contribution in [1.82, 2.24) is 15.1 Å². The average molecular weight is 553 g/mol. The number of methoxy groups -OCH3 is 1. The van der Waals surface area contributed by atoms with Crippen LogP contribution in [0.25, 0.3) is 0 Å². The maximum atomic E-state index is 5.99. The molecule has 7 nitrogen and oxygen atoms in total. The van der Waals surface area contributed by atoms with Crippen molar-refractivity contribution >= 4 is 35.6 Å². The lowest BCUT2D eigenvalue weighted by atomic mass is 10.2. The van der Waals surface area contributed by atoms with E-state index in [9.17, 15) is 0 Å². The number of rotatable bonds is 8. The van der Waals surface area contributed by atoms with Crippen LogP contribution in [0.4, 0.5) is 5.69 Å². The first-order valence-corrected chi connectivity index (χ1v) is 10.8. The summed E-state index contributed by atoms with van der Waals surface area (Å²) in [5.74, 6) is 2.74. The number of halogens is 1. The van der Waals surface area contributed by atoms with Crippen LogP contribution >= 0.6 is 24.0 Å². The summed E-state index contributed by atoms with van der Waals surface area (Å²) in [4.78, 5) is 11.3. The van der Waals surface area contributed by atoms with Crippen molar-refractivity contribution in [2.45, 2.75) is 6.54 Å². The topological polar surface area (TPSA) is 52.6 Å². The second-order valence-electron chi connectivity index (χ2n) is 7.83. The van der Waals surface area contributed by atoms with Gasteiger partial charge in [0.2, 0.25) is 0 Å². The molecule has 0 aliphatic carbocycles. The van der Waals surface area contributed by atoms with Crippen LogP contribution in [0.15, 0.2) is 53.5 Å². The van der Waals surface area contributed by atoms with Crippen molar-refractivity contribution < 1.29 is 9.47 Å². The Morgan fingerprint density at radius 1 is 1.03 bits per heavy atom. The van der Waals surface area contributed by atoms with Crippen molar-refractivity contribution in [1.29, 1.82) is 0 Å². The molecule has 0 radical (unpaired) electrons. The van der Waals surface area contributed by atoms with Gasteiger partial charge in [-0.2, -0.15) is 0 Å². The van der Waals surface area contributed by atoms with Crippen LogP contribution in [0, 0.1) is 0 Å². The highest BCUT2D eigenvalue weighted by Gasteiger charge is 2.20. The van der Waals surface area contributed by atoms with Crippen LogP contribution in [-0.4, -0.2) is 83.3 Å². The number of likely N-dealkylation sites (N-methyl/N-ethyl adjacent to an activating group) is 1. The fraction of sp³-hybridized carbons (Fsp3) is 0.458. The lowest BCUT2D eigenvalue weighted by Gasteiger charge is -2.37. The summed E-state index contributed by atoms with van der Waals surface area (Å²) in [5, 5.41) is 3.52. The van der Waals surface area contributed by atoms with E-state index in [2.05, 4.69) is 57.3 Å². The van der Waals surface area contributed by atoms with Crippen molar-refractivity contribution in [2.24, 2.45) is 4.99 Å². The Bertz CT molecular complexity index is 837. The fourth-order valence-electron chi connectivity index (χ4n) is 3.60. The highest BCUT2D eigenvalue weighted by atomic mass is 127. The van der Waals surface area contributed by atoms with E-state index >= 15 is 0 Å². The SMILES string of the molecule is CN=C(NCc1ccccc1OCCN(C)C)N1CCN(c2ccc(OC)cc2)CC1.I. The molecule has 1 aliphatic heterocycles. The Morgan fingerprint density at radius 3 is 2.34 bits per heavy atom. The summed E-state index contributed by atoms with van der Waals surface area (Å²) < 4.78 is 11.2. The molecule has 2 aromatic carbocycles. The Kier molecular flexibility index (Phi) is 10.9. The van der Waals surface area contributed by atoms with E-state index in [1.54, 1.807) is 7.11 Å². The van der Waals surface area contributed by atoms with Gasteiger partial charge in [-0.1, -0.05) is 18.2 Å². The number of hydrogen-bond donors (Lipinski definition) is 1. The molecule has 0 atom stereocenters. The number of guanidine groups is 1. The number of para-hydroxylation sites is 1. The molecule has 0 unspecified atom stereocenters. The van der Waals surface area contributed by atoms with Gasteiger partial charge in [0.1, 0.15) is 18.1 Å². The Morgan fingerprint density at radius 2 is 1.72 bits per heavy atom. The minimum atomic E-state index is 0. The third-order valence-electron chi connectivity index (χ3n) is 5.43. The molecule has 0 spiro atoms. The zero-order chi connectivity index (χ0) is 22.1. The molecular weight excluding hydrogens is 517 g/mol. The molecule has 1 aliphatic rings. The first kappa shape index (κ1) is 26.1. The summed E-state index contributed by atoms with van der Waals surface area (Å²) in [5.41, 5.74) is 2.37. The van der Waals surface area contributed by atoms with Crippen LogP contribution < -0.4 is 19.7 Å². The number of piperazine rings is 1. The molecule has 1 heterocycles. The van der Waals surface area contributed by atoms with Gasteiger partial charge >= 0.3 is 0 Å². The normalized spacial score (nSPS) is 14.2. The standard InChI is InChI=1S/C24H35N5O2.HI/c1-25-24(26-19-20-7-5-6-8-23(20)31-18-17-27(2)3)29-15-13-28(14-16-29)21-9-11-22(30-4)12-10-21;/h5-12H,13-19H2,1-4H3,(H,25,26);1H. The van der Waals surface area contributed by atoms with E-state index in [1.807, 2.05) is 37.4 Å². The molecular formula is C24H36IN5O2. The molecule has 176 valence electrons. The number of hydrogen-bond acceptors (Lipinski definition) is 5. The first-order valence-electron chi connectivity index (χ1n) is 10.8. The molecule has 0 amide bonds. The highest BCUT2D eigenvalue weighted by molar-refractivity contribution is 14.0. The molecule has 0 saturated carbocycles. The molecule has 0 bridgehead atoms. The van der Waals surface area contributed by atoms with E-state index < -0.39 is 0 Å². The van der Waals surface area contributed by atoms with Gasteiger partial charge in [-0.3, -0.25) is 4.99 Å². The first-order chi connectivity index (χ1) is 15.1. The molecule has 0 aromatic heterocycles. The van der Waals surface area contributed by atoms with Gasteiger partial charge in [0.25, 0.3) is 0 Å². The van der Waals surface area contributed by atoms with E-state index in [1.165, 1.54) is 5.69 Å². The third-order valence-corrected chi connectivity index (χ3v) is 5.43. The molecule has 3 rings (SSSR count). The summed E-state index contributed by atoms with van der Waals surface area (Å²) in [6, 6.07) is 16.5. The monoisotopic (exact) mass is 553 g/mol. The molecule has 8 heteroatoms. The highest BCUT2D eigenvalue weighted by Crippen LogP contribution is 2.21. The van der Waals surface area contributed by atoms with Gasteiger partial charge in [-0.05, 0) is 44.4 Å². The third kappa shape index (κ3) is 7.44. The predicted molar refractivity (Wildman–Crippen MR) is 143 cm³/mol. The molecule has 1 fully saturated rings. The van der Waals surface area contributed by atoms with Gasteiger partial charge < -0.3 is 29.5 Å². The van der Waals surface area contributed by atoms with Gasteiger partial charge in [-0.15, -0.1) is 24.0 Å². The molecule has 1 saturated heterocycles. The van der Waals surface area contributed by atoms with Crippen LogP contribution in [-0.2, 0) is 6.54 Å². The Balaban J connectivity index is 0.00000363. The second-order valence-corrected chi connectivity index (χ2v) is 7.83. The number of nitrogens with one attached hydrogen (secondary N) is 1. The van der Waals surface area contributed by atoms with Crippen molar-refractivity contribution in [3.8, 4) is 11.5 Å². The summed E-state index contributed by atoms with van der Waals surface area (Å²) in [7, 11) is 7.64. The largest absolute Gasteiger partial charge is 0.497 e. The summed E-state index contributed by atoms with van der Waals surface area (Å²) in [6.07, 6.45) is 0. The van der Waals surface area contributed by atoms with Crippen molar-refractivity contribution in [3.63, 3.8) is 0 Å². The van der Waals surface area contributed by atoms with Gasteiger partial charge in [-0.25, -0.2) is 0 Å². The van der Waals surface area contributed by atoms with Crippen molar-refractivity contribution in [3.05, 3.63) is 54.1 Å². The minimum absolute atomic E-state index is 0. The Labute approximate surface area is 209 Å². The smallest absolute Gasteiger partial charge is 0.194 e. The Hall–Kier alpha value is -2.20. The molecule has 32 heavy (non-hydrogen) atoms. The fourth-order valence-corrected chi connectivity index (χ4v) is 3.60. The van der Waals surface area contributed by atoms with Crippen LogP contribution in [0.3, 0.4) is 0 Å². The molecule has 1 N–H and O–H groups in total. The van der Waals surface area contributed by atoms with Gasteiger partial charge in [0.05, 0.1) is 7.11 Å². The number of benzene rings is 2. The summed E-state index contributed by atoms with van der Waals surface area (Å²) >= 11 is 0. The van der Waals surface area contributed by atoms with Gasteiger partial charge in [0, 0.05) is 57.6 Å².